The number of carbonyl (C=O) groups is 1. The van der Waals surface area contributed by atoms with Gasteiger partial charge in [0.15, 0.2) is 5.82 Å². The molecule has 8 nitrogen and oxygen atoms in total. The smallest absolute Gasteiger partial charge is 0.410 e. The monoisotopic (exact) mass is 384 g/mol. The lowest BCUT2D eigenvalue weighted by molar-refractivity contribution is 0.0862. The van der Waals surface area contributed by atoms with Gasteiger partial charge in [-0.15, -0.1) is 0 Å². The molecule has 1 atom stereocenters. The summed E-state index contributed by atoms with van der Waals surface area (Å²) in [6.45, 7) is 2.84. The van der Waals surface area contributed by atoms with Crippen LogP contribution in [0.2, 0.25) is 0 Å². The molecule has 0 N–H and O–H groups in total. The molecule has 1 amide bonds. The van der Waals surface area contributed by atoms with E-state index in [-0.39, 0.29) is 18.1 Å². The molecule has 2 aromatic rings. The highest BCUT2D eigenvalue weighted by Crippen LogP contribution is 2.31. The first-order valence-corrected chi connectivity index (χ1v) is 10.1. The van der Waals surface area contributed by atoms with Gasteiger partial charge >= 0.3 is 6.09 Å². The number of pyridine rings is 1. The fraction of sp³-hybridized carbons (Fsp3) is 0.600. The van der Waals surface area contributed by atoms with Crippen LogP contribution in [-0.2, 0) is 9.47 Å². The van der Waals surface area contributed by atoms with Crippen LogP contribution in [0, 0.1) is 0 Å². The van der Waals surface area contributed by atoms with Crippen LogP contribution in [0.25, 0.3) is 11.5 Å². The summed E-state index contributed by atoms with van der Waals surface area (Å²) >= 11 is 0. The lowest BCUT2D eigenvalue weighted by atomic mass is 9.96. The van der Waals surface area contributed by atoms with E-state index in [2.05, 4.69) is 15.1 Å². The Hall–Kier alpha value is -2.48. The SMILES string of the molecule is O=C(OC1CC1)N1CCC(c2noc(-c3ccnc(C4CCOC4)c3)n2)CC1. The van der Waals surface area contributed by atoms with Crippen LogP contribution >= 0.6 is 0 Å². The van der Waals surface area contributed by atoms with Crippen LogP contribution in [0.5, 0.6) is 0 Å². The third kappa shape index (κ3) is 3.73. The van der Waals surface area contributed by atoms with Crippen molar-refractivity contribution in [3.05, 3.63) is 29.8 Å². The van der Waals surface area contributed by atoms with Gasteiger partial charge in [-0.05, 0) is 44.2 Å². The van der Waals surface area contributed by atoms with Crippen molar-refractivity contribution in [2.24, 2.45) is 0 Å². The number of hydrogen-bond acceptors (Lipinski definition) is 7. The van der Waals surface area contributed by atoms with E-state index in [9.17, 15) is 4.79 Å². The van der Waals surface area contributed by atoms with E-state index in [4.69, 9.17) is 14.0 Å². The van der Waals surface area contributed by atoms with Crippen molar-refractivity contribution in [1.29, 1.82) is 0 Å². The Labute approximate surface area is 163 Å². The first kappa shape index (κ1) is 17.6. The third-order valence-electron chi connectivity index (χ3n) is 5.73. The maximum atomic E-state index is 12.1. The number of amides is 1. The van der Waals surface area contributed by atoms with E-state index in [1.54, 1.807) is 11.1 Å². The van der Waals surface area contributed by atoms with Crippen molar-refractivity contribution in [2.45, 2.75) is 50.0 Å². The quantitative estimate of drug-likeness (QED) is 0.800. The summed E-state index contributed by atoms with van der Waals surface area (Å²) in [7, 11) is 0. The minimum atomic E-state index is -0.185. The minimum Gasteiger partial charge on any atom is -0.446 e. The molecule has 5 rings (SSSR count). The fourth-order valence-corrected chi connectivity index (χ4v) is 3.81. The molecule has 1 unspecified atom stereocenters. The molecule has 2 aliphatic heterocycles. The van der Waals surface area contributed by atoms with Crippen molar-refractivity contribution in [2.75, 3.05) is 26.3 Å². The van der Waals surface area contributed by atoms with Crippen LogP contribution < -0.4 is 0 Å². The summed E-state index contributed by atoms with van der Waals surface area (Å²) in [4.78, 5) is 22.9. The first-order valence-electron chi connectivity index (χ1n) is 10.1. The highest BCUT2D eigenvalue weighted by molar-refractivity contribution is 5.68. The Morgan fingerprint density at radius 3 is 2.75 bits per heavy atom. The van der Waals surface area contributed by atoms with Crippen molar-refractivity contribution in [1.82, 2.24) is 20.0 Å². The number of nitrogens with zero attached hydrogens (tertiary/aromatic N) is 4. The molecule has 0 aromatic carbocycles. The van der Waals surface area contributed by atoms with Crippen molar-refractivity contribution < 1.29 is 18.8 Å². The summed E-state index contributed by atoms with van der Waals surface area (Å²) in [6.07, 6.45) is 6.38. The lowest BCUT2D eigenvalue weighted by Crippen LogP contribution is -2.38. The summed E-state index contributed by atoms with van der Waals surface area (Å²) in [5.74, 6) is 1.77. The van der Waals surface area contributed by atoms with Gasteiger partial charge in [0.05, 0.1) is 6.61 Å². The number of rotatable bonds is 4. The molecule has 28 heavy (non-hydrogen) atoms. The van der Waals surface area contributed by atoms with Gasteiger partial charge in [0.1, 0.15) is 6.10 Å². The zero-order valence-corrected chi connectivity index (χ0v) is 15.7. The number of aromatic nitrogens is 3. The molecule has 1 saturated carbocycles. The predicted octanol–water partition coefficient (Wildman–Crippen LogP) is 3.11. The second-order valence-electron chi connectivity index (χ2n) is 7.83. The molecular weight excluding hydrogens is 360 g/mol. The Bertz CT molecular complexity index is 836. The van der Waals surface area contributed by atoms with Crippen LogP contribution in [0.15, 0.2) is 22.9 Å². The molecule has 0 spiro atoms. The summed E-state index contributed by atoms with van der Waals surface area (Å²) < 4.78 is 16.4. The van der Waals surface area contributed by atoms with Crippen LogP contribution in [0.3, 0.4) is 0 Å². The fourth-order valence-electron chi connectivity index (χ4n) is 3.81. The lowest BCUT2D eigenvalue weighted by Gasteiger charge is -2.29. The van der Waals surface area contributed by atoms with Gasteiger partial charge in [0.2, 0.25) is 0 Å². The van der Waals surface area contributed by atoms with Gasteiger partial charge < -0.3 is 18.9 Å². The summed E-state index contributed by atoms with van der Waals surface area (Å²) in [6, 6.07) is 3.92. The van der Waals surface area contributed by atoms with Gasteiger partial charge in [-0.25, -0.2) is 4.79 Å². The van der Waals surface area contributed by atoms with Gasteiger partial charge in [0.25, 0.3) is 5.89 Å². The highest BCUT2D eigenvalue weighted by atomic mass is 16.6. The van der Waals surface area contributed by atoms with Gasteiger partial charge in [-0.3, -0.25) is 4.98 Å². The second-order valence-corrected chi connectivity index (χ2v) is 7.83. The second kappa shape index (κ2) is 7.50. The Kier molecular flexibility index (Phi) is 4.72. The number of hydrogen-bond donors (Lipinski definition) is 0. The summed E-state index contributed by atoms with van der Waals surface area (Å²) in [5.41, 5.74) is 1.90. The molecule has 2 saturated heterocycles. The Balaban J connectivity index is 1.23. The number of piperidine rings is 1. The highest BCUT2D eigenvalue weighted by Gasteiger charge is 2.32. The number of ether oxygens (including phenoxy) is 2. The third-order valence-corrected chi connectivity index (χ3v) is 5.73. The van der Waals surface area contributed by atoms with Crippen LogP contribution in [0.1, 0.15) is 55.5 Å². The maximum Gasteiger partial charge on any atom is 0.410 e. The van der Waals surface area contributed by atoms with Gasteiger partial charge in [-0.2, -0.15) is 4.98 Å². The molecule has 148 valence electrons. The summed E-state index contributed by atoms with van der Waals surface area (Å²) in [5, 5.41) is 4.21. The molecule has 2 aromatic heterocycles. The maximum absolute atomic E-state index is 12.1. The Morgan fingerprint density at radius 1 is 1.14 bits per heavy atom. The van der Waals surface area contributed by atoms with E-state index in [0.717, 1.165) is 50.0 Å². The van der Waals surface area contributed by atoms with E-state index in [0.29, 0.717) is 37.3 Å². The molecule has 4 heterocycles. The minimum absolute atomic E-state index is 0.144. The van der Waals surface area contributed by atoms with Crippen LogP contribution in [0.4, 0.5) is 4.79 Å². The molecule has 1 aliphatic carbocycles. The Morgan fingerprint density at radius 2 is 2.00 bits per heavy atom. The first-order chi connectivity index (χ1) is 13.8. The largest absolute Gasteiger partial charge is 0.446 e. The molecule has 8 heteroatoms. The van der Waals surface area contributed by atoms with Crippen molar-refractivity contribution in [3.8, 4) is 11.5 Å². The average Bonchev–Trinajstić information content (AvgIpc) is 3.21. The normalized spacial score (nSPS) is 23.1. The predicted molar refractivity (Wildman–Crippen MR) is 98.8 cm³/mol. The molecule has 3 fully saturated rings. The molecule has 3 aliphatic rings. The molecular formula is C20H24N4O4. The standard InChI is InChI=1S/C20H24N4O4/c25-20(27-16-1-2-16)24-8-4-13(5-9-24)18-22-19(28-23-18)14-3-7-21-17(11-14)15-6-10-26-12-15/h3,7,11,13,15-16H,1-2,4-6,8-10,12H2. The number of carbonyl (C=O) groups excluding carboxylic acids is 1. The van der Waals surface area contributed by atoms with Crippen LogP contribution in [-0.4, -0.2) is 58.5 Å². The average molecular weight is 384 g/mol. The topological polar surface area (TPSA) is 90.6 Å². The number of likely N-dealkylation sites (tertiary alicyclic amines) is 1. The van der Waals surface area contributed by atoms with E-state index in [1.807, 2.05) is 12.1 Å². The van der Waals surface area contributed by atoms with E-state index >= 15 is 0 Å². The van der Waals surface area contributed by atoms with E-state index < -0.39 is 0 Å². The van der Waals surface area contributed by atoms with Gasteiger partial charge in [0, 0.05) is 49.0 Å². The molecule has 0 radical (unpaired) electrons. The van der Waals surface area contributed by atoms with Gasteiger partial charge in [-0.1, -0.05) is 5.16 Å². The molecule has 0 bridgehead atoms. The van der Waals surface area contributed by atoms with Crippen molar-refractivity contribution in [3.63, 3.8) is 0 Å². The van der Waals surface area contributed by atoms with E-state index in [1.165, 1.54) is 0 Å². The zero-order valence-electron chi connectivity index (χ0n) is 15.7. The van der Waals surface area contributed by atoms with Crippen molar-refractivity contribution >= 4 is 6.09 Å². The zero-order chi connectivity index (χ0) is 18.9.